The van der Waals surface area contributed by atoms with Crippen molar-refractivity contribution in [1.82, 2.24) is 10.2 Å². The number of ether oxygens (including phenoxy) is 1. The molecule has 3 heterocycles. The topological polar surface area (TPSA) is 48.9 Å². The number of benzene rings is 1. The Kier molecular flexibility index (Phi) is 5.50. The second kappa shape index (κ2) is 7.92. The van der Waals surface area contributed by atoms with Crippen molar-refractivity contribution in [3.63, 3.8) is 0 Å². The second-order valence-electron chi connectivity index (χ2n) is 6.95. The molecule has 156 valence electrons. The van der Waals surface area contributed by atoms with E-state index in [9.17, 15) is 17.6 Å². The van der Waals surface area contributed by atoms with Crippen LogP contribution in [0.4, 0.5) is 33.9 Å². The largest absolute Gasteiger partial charge is 0.425 e. The van der Waals surface area contributed by atoms with Crippen molar-refractivity contribution >= 4 is 33.5 Å². The van der Waals surface area contributed by atoms with Gasteiger partial charge in [0.15, 0.2) is 0 Å². The van der Waals surface area contributed by atoms with E-state index in [1.165, 1.54) is 18.2 Å². The van der Waals surface area contributed by atoms with E-state index < -0.39 is 16.9 Å². The maximum Gasteiger partial charge on any atom is 0.425 e. The highest BCUT2D eigenvalue weighted by atomic mass is 32.1. The molecule has 4 rings (SSSR count). The van der Waals surface area contributed by atoms with Crippen molar-refractivity contribution in [1.29, 1.82) is 0 Å². The summed E-state index contributed by atoms with van der Waals surface area (Å²) in [6.07, 6.45) is -3.68. The fraction of sp³-hybridized carbons (Fsp3) is 0.421. The third-order valence-corrected chi connectivity index (χ3v) is 6.01. The summed E-state index contributed by atoms with van der Waals surface area (Å²) in [5.74, 6) is -0.0145. The van der Waals surface area contributed by atoms with Crippen LogP contribution < -0.4 is 10.6 Å². The van der Waals surface area contributed by atoms with Crippen LogP contribution in [0.5, 0.6) is 0 Å². The number of amidine groups is 1. The molecule has 2 aliphatic heterocycles. The molecule has 0 bridgehead atoms. The van der Waals surface area contributed by atoms with E-state index in [0.717, 1.165) is 12.5 Å². The first-order valence-corrected chi connectivity index (χ1v) is 10.0. The Morgan fingerprint density at radius 3 is 2.90 bits per heavy atom. The van der Waals surface area contributed by atoms with Gasteiger partial charge in [0.1, 0.15) is 21.5 Å². The molecule has 1 aromatic carbocycles. The van der Waals surface area contributed by atoms with E-state index in [1.54, 1.807) is 7.11 Å². The van der Waals surface area contributed by atoms with E-state index in [0.29, 0.717) is 65.4 Å². The summed E-state index contributed by atoms with van der Waals surface area (Å²) >= 11 is 0.606. The number of nitrogens with one attached hydrogen (secondary N) is 2. The number of alkyl halides is 3. The Balaban J connectivity index is 1.76. The summed E-state index contributed by atoms with van der Waals surface area (Å²) in [7, 11) is 1.63. The molecule has 2 aliphatic rings. The van der Waals surface area contributed by atoms with E-state index in [2.05, 4.69) is 15.6 Å². The number of thiophene rings is 1. The van der Waals surface area contributed by atoms with Gasteiger partial charge in [-0.15, -0.1) is 11.3 Å². The van der Waals surface area contributed by atoms with Crippen LogP contribution in [0.3, 0.4) is 0 Å². The molecule has 0 spiro atoms. The smallest absolute Gasteiger partial charge is 0.385 e. The van der Waals surface area contributed by atoms with Gasteiger partial charge in [0.25, 0.3) is 0 Å². The number of hydrogen-bond donors (Lipinski definition) is 2. The quantitative estimate of drug-likeness (QED) is 0.714. The zero-order valence-corrected chi connectivity index (χ0v) is 16.5. The Labute approximate surface area is 169 Å². The number of rotatable bonds is 3. The fourth-order valence-electron chi connectivity index (χ4n) is 3.50. The molecule has 5 nitrogen and oxygen atoms in total. The number of piperazine rings is 1. The molecule has 29 heavy (non-hydrogen) atoms. The standard InChI is InChI=1S/C19H20F4N4OS/c1-28-7-4-12-10-27(6-5-24-12)17-13-9-16(19(21,22)23)29-18(13)26-15-8-11(20)2-3-14(15)25-17/h2-3,8-9,12,24,26H,4-7,10H2,1H3/t12-/m0/s1. The van der Waals surface area contributed by atoms with Crippen molar-refractivity contribution in [2.75, 3.05) is 38.7 Å². The molecule has 1 saturated heterocycles. The number of fused-ring (bicyclic) bond motifs is 2. The van der Waals surface area contributed by atoms with Gasteiger partial charge in [0.2, 0.25) is 0 Å². The Morgan fingerprint density at radius 1 is 1.31 bits per heavy atom. The van der Waals surface area contributed by atoms with Crippen molar-refractivity contribution in [3.8, 4) is 0 Å². The Bertz CT molecular complexity index is 927. The van der Waals surface area contributed by atoms with E-state index >= 15 is 0 Å². The summed E-state index contributed by atoms with van der Waals surface area (Å²) in [4.78, 5) is 5.92. The molecule has 2 aromatic rings. The zero-order valence-electron chi connectivity index (χ0n) is 15.6. The van der Waals surface area contributed by atoms with Crippen molar-refractivity contribution in [2.45, 2.75) is 18.6 Å². The summed E-state index contributed by atoms with van der Waals surface area (Å²) in [6.45, 7) is 2.47. The minimum absolute atomic E-state index is 0.138. The monoisotopic (exact) mass is 428 g/mol. The number of methoxy groups -OCH3 is 1. The highest BCUT2D eigenvalue weighted by Crippen LogP contribution is 2.44. The SMILES string of the molecule is COCC[C@H]1CN(C2=Nc3ccc(F)cc3Nc3sc(C(F)(F)F)cc32)CCN1. The van der Waals surface area contributed by atoms with Gasteiger partial charge in [-0.05, 0) is 30.7 Å². The van der Waals surface area contributed by atoms with Crippen LogP contribution in [0.2, 0.25) is 0 Å². The predicted molar refractivity (Wildman–Crippen MR) is 105 cm³/mol. The van der Waals surface area contributed by atoms with Crippen molar-refractivity contribution < 1.29 is 22.3 Å². The Morgan fingerprint density at radius 2 is 2.14 bits per heavy atom. The van der Waals surface area contributed by atoms with Crippen molar-refractivity contribution in [3.05, 3.63) is 40.5 Å². The van der Waals surface area contributed by atoms with E-state index in [1.807, 2.05) is 4.90 Å². The molecular weight excluding hydrogens is 408 g/mol. The molecule has 1 atom stereocenters. The van der Waals surface area contributed by atoms with Crippen molar-refractivity contribution in [2.24, 2.45) is 4.99 Å². The maximum atomic E-state index is 13.7. The lowest BCUT2D eigenvalue weighted by atomic mass is 10.1. The van der Waals surface area contributed by atoms with Gasteiger partial charge in [0, 0.05) is 39.4 Å². The molecule has 1 aromatic heterocycles. The van der Waals surface area contributed by atoms with Gasteiger partial charge in [-0.25, -0.2) is 9.38 Å². The van der Waals surface area contributed by atoms with Crippen LogP contribution in [-0.4, -0.2) is 50.1 Å². The minimum Gasteiger partial charge on any atom is -0.385 e. The lowest BCUT2D eigenvalue weighted by molar-refractivity contribution is -0.134. The van der Waals surface area contributed by atoms with Gasteiger partial charge < -0.3 is 20.3 Å². The first kappa shape index (κ1) is 20.1. The first-order valence-electron chi connectivity index (χ1n) is 9.19. The van der Waals surface area contributed by atoms with Gasteiger partial charge in [-0.1, -0.05) is 0 Å². The second-order valence-corrected chi connectivity index (χ2v) is 8.00. The van der Waals surface area contributed by atoms with Crippen LogP contribution in [0.1, 0.15) is 16.9 Å². The molecule has 10 heteroatoms. The van der Waals surface area contributed by atoms with Crippen LogP contribution in [-0.2, 0) is 10.9 Å². The van der Waals surface area contributed by atoms with Gasteiger partial charge in [0.05, 0.1) is 16.9 Å². The third-order valence-electron chi connectivity index (χ3n) is 4.91. The van der Waals surface area contributed by atoms with Gasteiger partial charge >= 0.3 is 6.18 Å². The molecule has 0 saturated carbocycles. The lowest BCUT2D eigenvalue weighted by Crippen LogP contribution is -2.53. The summed E-state index contributed by atoms with van der Waals surface area (Å²) in [5.41, 5.74) is 1.22. The van der Waals surface area contributed by atoms with Crippen LogP contribution in [0, 0.1) is 5.82 Å². The highest BCUT2D eigenvalue weighted by molar-refractivity contribution is 7.16. The lowest BCUT2D eigenvalue weighted by Gasteiger charge is -2.35. The van der Waals surface area contributed by atoms with E-state index in [-0.39, 0.29) is 6.04 Å². The van der Waals surface area contributed by atoms with Gasteiger partial charge in [-0.2, -0.15) is 13.2 Å². The number of hydrogen-bond acceptors (Lipinski definition) is 6. The minimum atomic E-state index is -4.46. The van der Waals surface area contributed by atoms with Crippen LogP contribution in [0.25, 0.3) is 0 Å². The van der Waals surface area contributed by atoms with Crippen LogP contribution in [0.15, 0.2) is 29.3 Å². The number of halogens is 4. The van der Waals surface area contributed by atoms with E-state index in [4.69, 9.17) is 4.74 Å². The van der Waals surface area contributed by atoms with Crippen LogP contribution >= 0.6 is 11.3 Å². The summed E-state index contributed by atoms with van der Waals surface area (Å²) in [6, 6.07) is 5.34. The first-order chi connectivity index (χ1) is 13.8. The molecule has 0 unspecified atom stereocenters. The summed E-state index contributed by atoms with van der Waals surface area (Å²) < 4.78 is 58.9. The normalized spacial score (nSPS) is 19.1. The predicted octanol–water partition coefficient (Wildman–Crippen LogP) is 4.35. The molecule has 0 amide bonds. The average molecular weight is 428 g/mol. The average Bonchev–Trinajstić information content (AvgIpc) is 3.04. The number of nitrogens with zero attached hydrogens (tertiary/aromatic N) is 2. The zero-order chi connectivity index (χ0) is 20.6. The highest BCUT2D eigenvalue weighted by Gasteiger charge is 2.36. The number of anilines is 2. The molecule has 0 radical (unpaired) electrons. The molecule has 2 N–H and O–H groups in total. The fourth-order valence-corrected chi connectivity index (χ4v) is 4.44. The summed E-state index contributed by atoms with van der Waals surface area (Å²) in [5, 5.41) is 6.66. The molecular formula is C19H20F4N4OS. The number of aliphatic imine (C=N–C) groups is 1. The molecule has 1 fully saturated rings. The Hall–Kier alpha value is -2.17. The maximum absolute atomic E-state index is 13.7. The molecule has 0 aliphatic carbocycles. The van der Waals surface area contributed by atoms with Gasteiger partial charge in [-0.3, -0.25) is 0 Å². The third kappa shape index (κ3) is 4.24.